The number of nitro groups is 1. The summed E-state index contributed by atoms with van der Waals surface area (Å²) in [6, 6.07) is 2.73. The fourth-order valence-electron chi connectivity index (χ4n) is 1.16. The van der Waals surface area contributed by atoms with Gasteiger partial charge in [-0.1, -0.05) is 5.21 Å². The second-order valence-corrected chi connectivity index (χ2v) is 3.24. The minimum Gasteiger partial charge on any atom is -0.293 e. The number of Topliss-reactive ketones (excluding diaryl/α,β-unsaturated/α-hetero) is 1. The summed E-state index contributed by atoms with van der Waals surface area (Å²) in [7, 11) is 0. The lowest BCUT2D eigenvalue weighted by Gasteiger charge is -1.97. The van der Waals surface area contributed by atoms with Gasteiger partial charge in [0.1, 0.15) is 11.9 Å². The topological polar surface area (TPSA) is 104 Å². The zero-order valence-electron chi connectivity index (χ0n) is 8.77. The average molecular weight is 233 g/mol. The molecule has 0 bridgehead atoms. The van der Waals surface area contributed by atoms with E-state index in [9.17, 15) is 14.9 Å². The Morgan fingerprint density at radius 2 is 2.24 bits per heavy atom. The van der Waals surface area contributed by atoms with Gasteiger partial charge in [-0.2, -0.15) is 0 Å². The summed E-state index contributed by atoms with van der Waals surface area (Å²) in [5, 5.41) is 17.8. The quantitative estimate of drug-likeness (QED) is 0.440. The molecule has 0 unspecified atom stereocenters. The van der Waals surface area contributed by atoms with Crippen LogP contribution in [0.25, 0.3) is 5.82 Å². The Morgan fingerprint density at radius 1 is 1.47 bits per heavy atom. The molecule has 2 rings (SSSR count). The Hall–Kier alpha value is -2.64. The predicted molar refractivity (Wildman–Crippen MR) is 55.8 cm³/mol. The number of hydrogen-bond donors (Lipinski definition) is 0. The molecule has 2 aromatic heterocycles. The summed E-state index contributed by atoms with van der Waals surface area (Å²) < 4.78 is 1.28. The lowest BCUT2D eigenvalue weighted by molar-refractivity contribution is -0.385. The molecule has 8 nitrogen and oxygen atoms in total. The van der Waals surface area contributed by atoms with Crippen LogP contribution in [0.4, 0.5) is 5.69 Å². The smallest absolute Gasteiger partial charge is 0.287 e. The third-order valence-corrected chi connectivity index (χ3v) is 2.03. The summed E-state index contributed by atoms with van der Waals surface area (Å²) in [4.78, 5) is 24.7. The van der Waals surface area contributed by atoms with Gasteiger partial charge in [0.2, 0.25) is 0 Å². The van der Waals surface area contributed by atoms with Crippen molar-refractivity contribution in [3.8, 4) is 5.82 Å². The van der Waals surface area contributed by atoms with Gasteiger partial charge >= 0.3 is 0 Å². The highest BCUT2D eigenvalue weighted by Crippen LogP contribution is 2.11. The van der Waals surface area contributed by atoms with E-state index in [-0.39, 0.29) is 17.2 Å². The Kier molecular flexibility index (Phi) is 2.61. The second-order valence-electron chi connectivity index (χ2n) is 3.24. The van der Waals surface area contributed by atoms with Crippen LogP contribution < -0.4 is 0 Å². The number of hydrogen-bond acceptors (Lipinski definition) is 6. The van der Waals surface area contributed by atoms with Crippen molar-refractivity contribution in [2.24, 2.45) is 0 Å². The fraction of sp³-hybridized carbons (Fsp3) is 0.111. The second kappa shape index (κ2) is 4.08. The van der Waals surface area contributed by atoms with Crippen molar-refractivity contribution < 1.29 is 9.72 Å². The molecule has 0 saturated heterocycles. The number of rotatable bonds is 3. The zero-order valence-corrected chi connectivity index (χ0v) is 8.77. The average Bonchev–Trinajstić information content (AvgIpc) is 2.78. The maximum Gasteiger partial charge on any atom is 0.287 e. The maximum absolute atomic E-state index is 11.0. The molecular formula is C9H7N5O3. The van der Waals surface area contributed by atoms with E-state index in [1.807, 2.05) is 0 Å². The molecule has 0 amide bonds. The van der Waals surface area contributed by atoms with Crippen molar-refractivity contribution in [1.82, 2.24) is 20.0 Å². The molecule has 0 aliphatic rings. The van der Waals surface area contributed by atoms with Gasteiger partial charge in [0.25, 0.3) is 5.69 Å². The van der Waals surface area contributed by atoms with Crippen molar-refractivity contribution in [2.45, 2.75) is 6.92 Å². The number of ketones is 1. The van der Waals surface area contributed by atoms with Crippen molar-refractivity contribution >= 4 is 11.5 Å². The minimum absolute atomic E-state index is 0.111. The highest BCUT2D eigenvalue weighted by molar-refractivity contribution is 5.91. The molecule has 2 aromatic rings. The van der Waals surface area contributed by atoms with Gasteiger partial charge in [0.15, 0.2) is 11.6 Å². The van der Waals surface area contributed by atoms with Gasteiger partial charge < -0.3 is 0 Å². The van der Waals surface area contributed by atoms with Gasteiger partial charge in [-0.15, -0.1) is 5.10 Å². The number of carbonyl (C=O) groups is 1. The Balaban J connectivity index is 2.33. The Bertz CT molecular complexity index is 575. The molecule has 0 aromatic carbocycles. The van der Waals surface area contributed by atoms with Gasteiger partial charge in [0, 0.05) is 13.0 Å². The largest absolute Gasteiger partial charge is 0.293 e. The Labute approximate surface area is 95.0 Å². The van der Waals surface area contributed by atoms with Crippen molar-refractivity contribution in [3.63, 3.8) is 0 Å². The van der Waals surface area contributed by atoms with Crippen molar-refractivity contribution in [1.29, 1.82) is 0 Å². The van der Waals surface area contributed by atoms with Crippen LogP contribution in [0.3, 0.4) is 0 Å². The highest BCUT2D eigenvalue weighted by atomic mass is 16.6. The summed E-state index contributed by atoms with van der Waals surface area (Å²) >= 11 is 0. The van der Waals surface area contributed by atoms with Crippen LogP contribution in [0, 0.1) is 10.1 Å². The molecule has 0 N–H and O–H groups in total. The molecule has 2 heterocycles. The minimum atomic E-state index is -0.543. The lowest BCUT2D eigenvalue weighted by Crippen LogP contribution is -1.99. The van der Waals surface area contributed by atoms with Gasteiger partial charge in [0.05, 0.1) is 11.1 Å². The SMILES string of the molecule is CC(=O)c1cn(-c2ccc([N+](=O)[O-])cn2)nn1. The fourth-order valence-corrected chi connectivity index (χ4v) is 1.16. The van der Waals surface area contributed by atoms with Crippen LogP contribution in [0.1, 0.15) is 17.4 Å². The van der Waals surface area contributed by atoms with E-state index in [4.69, 9.17) is 0 Å². The summed E-state index contributed by atoms with van der Waals surface area (Å²) in [6.45, 7) is 1.37. The summed E-state index contributed by atoms with van der Waals surface area (Å²) in [5.41, 5.74) is 0.103. The lowest BCUT2D eigenvalue weighted by atomic mass is 10.3. The normalized spacial score (nSPS) is 10.2. The molecular weight excluding hydrogens is 226 g/mol. The van der Waals surface area contributed by atoms with Gasteiger partial charge in [-0.25, -0.2) is 9.67 Å². The van der Waals surface area contributed by atoms with Gasteiger partial charge in [-0.3, -0.25) is 14.9 Å². The predicted octanol–water partition coefficient (Wildman–Crippen LogP) is 0.773. The first-order valence-corrected chi connectivity index (χ1v) is 4.62. The first kappa shape index (κ1) is 10.9. The molecule has 0 fully saturated rings. The molecule has 0 atom stereocenters. The molecule has 0 radical (unpaired) electrons. The third kappa shape index (κ3) is 2.14. The molecule has 0 aliphatic carbocycles. The molecule has 0 spiro atoms. The first-order chi connectivity index (χ1) is 8.08. The van der Waals surface area contributed by atoms with E-state index < -0.39 is 4.92 Å². The molecule has 17 heavy (non-hydrogen) atoms. The monoisotopic (exact) mass is 233 g/mol. The van der Waals surface area contributed by atoms with E-state index in [1.54, 1.807) is 0 Å². The van der Waals surface area contributed by atoms with E-state index in [2.05, 4.69) is 15.3 Å². The maximum atomic E-state index is 11.0. The van der Waals surface area contributed by atoms with E-state index in [1.165, 1.54) is 29.9 Å². The first-order valence-electron chi connectivity index (χ1n) is 4.62. The van der Waals surface area contributed by atoms with E-state index in [0.29, 0.717) is 5.82 Å². The van der Waals surface area contributed by atoms with E-state index >= 15 is 0 Å². The standard InChI is InChI=1S/C9H7N5O3/c1-6(15)8-5-13(12-11-8)9-3-2-7(4-10-9)14(16)17/h2-5H,1H3. The molecule has 0 aliphatic heterocycles. The summed E-state index contributed by atoms with van der Waals surface area (Å²) in [5.74, 6) is 0.147. The van der Waals surface area contributed by atoms with Crippen LogP contribution in [-0.4, -0.2) is 30.7 Å². The zero-order chi connectivity index (χ0) is 12.4. The number of carbonyl (C=O) groups excluding carboxylic acids is 1. The van der Waals surface area contributed by atoms with Crippen LogP contribution in [-0.2, 0) is 0 Å². The van der Waals surface area contributed by atoms with Crippen LogP contribution in [0.2, 0.25) is 0 Å². The van der Waals surface area contributed by atoms with Crippen molar-refractivity contribution in [2.75, 3.05) is 0 Å². The molecule has 86 valence electrons. The molecule has 0 saturated carbocycles. The van der Waals surface area contributed by atoms with Crippen LogP contribution in [0.15, 0.2) is 24.5 Å². The molecule has 8 heteroatoms. The van der Waals surface area contributed by atoms with Gasteiger partial charge in [-0.05, 0) is 6.07 Å². The van der Waals surface area contributed by atoms with E-state index in [0.717, 1.165) is 6.20 Å². The van der Waals surface area contributed by atoms with Crippen LogP contribution >= 0.6 is 0 Å². The van der Waals surface area contributed by atoms with Crippen LogP contribution in [0.5, 0.6) is 0 Å². The number of aromatic nitrogens is 4. The summed E-state index contributed by atoms with van der Waals surface area (Å²) in [6.07, 6.45) is 2.53. The van der Waals surface area contributed by atoms with Crippen molar-refractivity contribution in [3.05, 3.63) is 40.3 Å². The number of pyridine rings is 1. The highest BCUT2D eigenvalue weighted by Gasteiger charge is 2.09. The Morgan fingerprint density at radius 3 is 2.71 bits per heavy atom. The third-order valence-electron chi connectivity index (χ3n) is 2.03. The number of nitrogens with zero attached hydrogens (tertiary/aromatic N) is 5.